The summed E-state index contributed by atoms with van der Waals surface area (Å²) in [5, 5.41) is 4.21. The van der Waals surface area contributed by atoms with Crippen molar-refractivity contribution in [3.63, 3.8) is 0 Å². The number of hydrogen-bond donors (Lipinski definition) is 1. The molecule has 1 aromatic heterocycles. The lowest BCUT2D eigenvalue weighted by Gasteiger charge is -2.20. The summed E-state index contributed by atoms with van der Waals surface area (Å²) in [5.74, 6) is 1.56. The molecule has 21 heavy (non-hydrogen) atoms. The van der Waals surface area contributed by atoms with Gasteiger partial charge in [-0.1, -0.05) is 23.7 Å². The number of hydrogen-bond acceptors (Lipinski definition) is 3. The van der Waals surface area contributed by atoms with Crippen molar-refractivity contribution in [2.45, 2.75) is 46.1 Å². The van der Waals surface area contributed by atoms with Gasteiger partial charge in [-0.2, -0.15) is 0 Å². The third-order valence-electron chi connectivity index (χ3n) is 3.31. The average molecular weight is 307 g/mol. The Morgan fingerprint density at radius 1 is 1.29 bits per heavy atom. The summed E-state index contributed by atoms with van der Waals surface area (Å²) in [5.41, 5.74) is 2.19. The lowest BCUT2D eigenvalue weighted by atomic mass is 10.1. The number of rotatable bonds is 5. The van der Waals surface area contributed by atoms with Crippen LogP contribution in [0.25, 0.3) is 11.3 Å². The van der Waals surface area contributed by atoms with Crippen LogP contribution >= 0.6 is 11.6 Å². The van der Waals surface area contributed by atoms with E-state index < -0.39 is 0 Å². The minimum absolute atomic E-state index is 0.152. The molecule has 0 unspecified atom stereocenters. The highest BCUT2D eigenvalue weighted by Gasteiger charge is 2.11. The quantitative estimate of drug-likeness (QED) is 0.819. The van der Waals surface area contributed by atoms with Gasteiger partial charge in [-0.3, -0.25) is 0 Å². The van der Waals surface area contributed by atoms with Gasteiger partial charge in [-0.05, 0) is 52.3 Å². The highest BCUT2D eigenvalue weighted by atomic mass is 35.5. The molecule has 1 N–H and O–H groups in total. The largest absolute Gasteiger partial charge is 0.441 e. The van der Waals surface area contributed by atoms with Crippen LogP contribution in [0.5, 0.6) is 0 Å². The molecular weight excluding hydrogens is 284 g/mol. The van der Waals surface area contributed by atoms with Gasteiger partial charge in [0.25, 0.3) is 0 Å². The van der Waals surface area contributed by atoms with Crippen LogP contribution in [0.1, 0.15) is 38.6 Å². The second-order valence-corrected chi connectivity index (χ2v) is 6.72. The van der Waals surface area contributed by atoms with E-state index in [1.165, 1.54) is 0 Å². The molecule has 0 aliphatic heterocycles. The summed E-state index contributed by atoms with van der Waals surface area (Å²) >= 11 is 6.15. The van der Waals surface area contributed by atoms with Crippen molar-refractivity contribution >= 4 is 11.6 Å². The second kappa shape index (κ2) is 6.63. The average Bonchev–Trinajstić information content (AvgIpc) is 2.85. The third kappa shape index (κ3) is 4.58. The molecule has 3 nitrogen and oxygen atoms in total. The first kappa shape index (κ1) is 16.1. The van der Waals surface area contributed by atoms with Gasteiger partial charge >= 0.3 is 0 Å². The first-order valence-corrected chi connectivity index (χ1v) is 7.70. The van der Waals surface area contributed by atoms with Crippen LogP contribution in [0.3, 0.4) is 0 Å². The molecule has 114 valence electrons. The van der Waals surface area contributed by atoms with E-state index in [1.54, 1.807) is 6.20 Å². The summed E-state index contributed by atoms with van der Waals surface area (Å²) in [6, 6.07) is 5.82. The number of halogens is 1. The Morgan fingerprint density at radius 3 is 2.76 bits per heavy atom. The molecule has 0 aliphatic rings. The zero-order valence-corrected chi connectivity index (χ0v) is 13.9. The minimum atomic E-state index is 0.152. The predicted molar refractivity (Wildman–Crippen MR) is 87.8 cm³/mol. The zero-order valence-electron chi connectivity index (χ0n) is 13.2. The smallest absolute Gasteiger partial charge is 0.194 e. The molecule has 0 spiro atoms. The van der Waals surface area contributed by atoms with Gasteiger partial charge in [-0.25, -0.2) is 4.98 Å². The Hall–Kier alpha value is -1.32. The van der Waals surface area contributed by atoms with Gasteiger partial charge in [0.2, 0.25) is 0 Å². The van der Waals surface area contributed by atoms with E-state index in [4.69, 9.17) is 16.0 Å². The van der Waals surface area contributed by atoms with Crippen molar-refractivity contribution in [3.8, 4) is 11.3 Å². The topological polar surface area (TPSA) is 38.1 Å². The number of nitrogens with one attached hydrogen (secondary N) is 1. The van der Waals surface area contributed by atoms with E-state index in [0.717, 1.165) is 47.2 Å². The maximum atomic E-state index is 6.15. The highest BCUT2D eigenvalue weighted by Crippen LogP contribution is 2.28. The maximum Gasteiger partial charge on any atom is 0.194 e. The summed E-state index contributed by atoms with van der Waals surface area (Å²) in [6.07, 6.45) is 3.62. The zero-order chi connectivity index (χ0) is 15.5. The van der Waals surface area contributed by atoms with E-state index in [2.05, 4.69) is 31.1 Å². The molecule has 1 aromatic carbocycles. The first-order valence-electron chi connectivity index (χ1n) is 7.32. The van der Waals surface area contributed by atoms with Crippen LogP contribution in [0, 0.1) is 6.92 Å². The highest BCUT2D eigenvalue weighted by molar-refractivity contribution is 6.31. The molecule has 2 aromatic rings. The van der Waals surface area contributed by atoms with Crippen molar-refractivity contribution in [3.05, 3.63) is 40.9 Å². The van der Waals surface area contributed by atoms with E-state index in [0.29, 0.717) is 0 Å². The van der Waals surface area contributed by atoms with Crippen LogP contribution in [-0.2, 0) is 6.42 Å². The lowest BCUT2D eigenvalue weighted by molar-refractivity contribution is 0.412. The summed E-state index contributed by atoms with van der Waals surface area (Å²) in [7, 11) is 0. The van der Waals surface area contributed by atoms with Crippen molar-refractivity contribution in [1.29, 1.82) is 0 Å². The lowest BCUT2D eigenvalue weighted by Crippen LogP contribution is -2.36. The molecule has 0 bridgehead atoms. The Balaban J connectivity index is 1.97. The maximum absolute atomic E-state index is 6.15. The van der Waals surface area contributed by atoms with Crippen LogP contribution in [0.2, 0.25) is 5.02 Å². The normalized spacial score (nSPS) is 11.9. The molecule has 1 heterocycles. The molecule has 0 fully saturated rings. The molecule has 4 heteroatoms. The molecule has 0 saturated heterocycles. The third-order valence-corrected chi connectivity index (χ3v) is 3.72. The summed E-state index contributed by atoms with van der Waals surface area (Å²) < 4.78 is 5.84. The fourth-order valence-electron chi connectivity index (χ4n) is 2.13. The first-order chi connectivity index (χ1) is 9.87. The van der Waals surface area contributed by atoms with Crippen molar-refractivity contribution < 1.29 is 4.42 Å². The monoisotopic (exact) mass is 306 g/mol. The van der Waals surface area contributed by atoms with Gasteiger partial charge in [-0.15, -0.1) is 0 Å². The van der Waals surface area contributed by atoms with E-state index in [-0.39, 0.29) is 5.54 Å². The Kier molecular flexibility index (Phi) is 5.07. The molecule has 0 amide bonds. The van der Waals surface area contributed by atoms with Gasteiger partial charge < -0.3 is 9.73 Å². The van der Waals surface area contributed by atoms with Gasteiger partial charge in [0.15, 0.2) is 11.7 Å². The predicted octanol–water partition coefficient (Wildman–Crippen LogP) is 4.62. The van der Waals surface area contributed by atoms with Crippen LogP contribution in [0.4, 0.5) is 0 Å². The number of aryl methyl sites for hydroxylation is 1. The van der Waals surface area contributed by atoms with Gasteiger partial charge in [0.05, 0.1) is 6.20 Å². The molecule has 0 aliphatic carbocycles. The second-order valence-electron chi connectivity index (χ2n) is 6.31. The Morgan fingerprint density at radius 2 is 2.05 bits per heavy atom. The van der Waals surface area contributed by atoms with Crippen molar-refractivity contribution in [1.82, 2.24) is 10.3 Å². The SMILES string of the molecule is Cc1c(Cl)cccc1-c1cnc(CCCNC(C)(C)C)o1. The fraction of sp³-hybridized carbons (Fsp3) is 0.471. The van der Waals surface area contributed by atoms with E-state index >= 15 is 0 Å². The van der Waals surface area contributed by atoms with Crippen LogP contribution < -0.4 is 5.32 Å². The minimum Gasteiger partial charge on any atom is -0.441 e. The number of benzene rings is 1. The molecule has 2 rings (SSSR count). The number of nitrogens with zero attached hydrogens (tertiary/aromatic N) is 1. The number of oxazole rings is 1. The molecule has 0 atom stereocenters. The molecule has 0 saturated carbocycles. The molecular formula is C17H23ClN2O. The van der Waals surface area contributed by atoms with Crippen LogP contribution in [0.15, 0.2) is 28.8 Å². The van der Waals surface area contributed by atoms with Gasteiger partial charge in [0.1, 0.15) is 0 Å². The standard InChI is InChI=1S/C17H23ClN2O/c1-12-13(7-5-8-14(12)18)15-11-19-16(21-15)9-6-10-20-17(2,3)4/h5,7-8,11,20H,6,9-10H2,1-4H3. The van der Waals surface area contributed by atoms with E-state index in [1.807, 2.05) is 25.1 Å². The number of aromatic nitrogens is 1. The summed E-state index contributed by atoms with van der Waals surface area (Å²) in [4.78, 5) is 4.36. The molecule has 0 radical (unpaired) electrons. The Labute approximate surface area is 131 Å². The van der Waals surface area contributed by atoms with Crippen molar-refractivity contribution in [2.75, 3.05) is 6.54 Å². The van der Waals surface area contributed by atoms with E-state index in [9.17, 15) is 0 Å². The van der Waals surface area contributed by atoms with Gasteiger partial charge in [0, 0.05) is 22.5 Å². The Bertz CT molecular complexity index is 599. The fourth-order valence-corrected chi connectivity index (χ4v) is 2.30. The van der Waals surface area contributed by atoms with Crippen molar-refractivity contribution in [2.24, 2.45) is 0 Å². The van der Waals surface area contributed by atoms with Crippen LogP contribution in [-0.4, -0.2) is 17.1 Å². The summed E-state index contributed by atoms with van der Waals surface area (Å²) in [6.45, 7) is 9.44.